The minimum Gasteiger partial charge on any atom is -0.370 e. The number of hydrogen-bond acceptors (Lipinski definition) is 4. The Morgan fingerprint density at radius 1 is 1.42 bits per heavy atom. The third-order valence-electron chi connectivity index (χ3n) is 3.83. The molecule has 0 spiro atoms. The Labute approximate surface area is 114 Å². The number of piperidine rings is 1. The van der Waals surface area contributed by atoms with Gasteiger partial charge in [0.15, 0.2) is 0 Å². The zero-order valence-corrected chi connectivity index (χ0v) is 11.7. The van der Waals surface area contributed by atoms with Gasteiger partial charge < -0.3 is 4.90 Å². The molecule has 1 fully saturated rings. The van der Waals surface area contributed by atoms with Crippen LogP contribution in [0.3, 0.4) is 0 Å². The van der Waals surface area contributed by atoms with Gasteiger partial charge in [-0.15, -0.1) is 0 Å². The van der Waals surface area contributed by atoms with Crippen molar-refractivity contribution in [1.29, 1.82) is 5.26 Å². The number of rotatable bonds is 2. The van der Waals surface area contributed by atoms with Gasteiger partial charge in [-0.1, -0.05) is 0 Å². The van der Waals surface area contributed by atoms with Gasteiger partial charge in [0.25, 0.3) is 0 Å². The van der Waals surface area contributed by atoms with Crippen molar-refractivity contribution in [2.75, 3.05) is 18.0 Å². The molecule has 1 saturated heterocycles. The van der Waals surface area contributed by atoms with E-state index in [-0.39, 0.29) is 11.7 Å². The fraction of sp³-hybridized carbons (Fsp3) is 0.533. The zero-order valence-electron chi connectivity index (χ0n) is 11.7. The molecule has 0 N–H and O–H groups in total. The number of carbonyl (C=O) groups is 1. The summed E-state index contributed by atoms with van der Waals surface area (Å²) in [5.74, 6) is 0.466. The average molecular weight is 257 g/mol. The van der Waals surface area contributed by atoms with Gasteiger partial charge in [-0.05, 0) is 39.7 Å². The van der Waals surface area contributed by atoms with Crippen LogP contribution in [-0.2, 0) is 4.79 Å². The van der Waals surface area contributed by atoms with Crippen molar-refractivity contribution in [3.63, 3.8) is 0 Å². The topological polar surface area (TPSA) is 57.0 Å². The van der Waals surface area contributed by atoms with Crippen LogP contribution in [0, 0.1) is 31.1 Å². The summed E-state index contributed by atoms with van der Waals surface area (Å²) < 4.78 is 0. The van der Waals surface area contributed by atoms with E-state index in [1.165, 1.54) is 0 Å². The van der Waals surface area contributed by atoms with E-state index in [4.69, 9.17) is 0 Å². The second-order valence-electron chi connectivity index (χ2n) is 5.23. The molecule has 1 aromatic rings. The van der Waals surface area contributed by atoms with Gasteiger partial charge in [0.05, 0.1) is 16.9 Å². The molecule has 0 unspecified atom stereocenters. The van der Waals surface area contributed by atoms with Gasteiger partial charge in [0, 0.05) is 24.7 Å². The Hall–Kier alpha value is -1.89. The van der Waals surface area contributed by atoms with Crippen LogP contribution < -0.4 is 4.90 Å². The third kappa shape index (κ3) is 2.76. The largest absolute Gasteiger partial charge is 0.370 e. The van der Waals surface area contributed by atoms with E-state index in [0.29, 0.717) is 5.56 Å². The number of Topliss-reactive ketones (excluding diaryl/α,β-unsaturated/α-hetero) is 1. The summed E-state index contributed by atoms with van der Waals surface area (Å²) in [6.07, 6.45) is 1.75. The molecule has 1 aliphatic rings. The van der Waals surface area contributed by atoms with Gasteiger partial charge in [-0.25, -0.2) is 0 Å². The average Bonchev–Trinajstić information content (AvgIpc) is 2.38. The van der Waals surface area contributed by atoms with Gasteiger partial charge >= 0.3 is 0 Å². The lowest BCUT2D eigenvalue weighted by molar-refractivity contribution is -0.121. The van der Waals surface area contributed by atoms with Gasteiger partial charge in [-0.3, -0.25) is 9.78 Å². The third-order valence-corrected chi connectivity index (χ3v) is 3.83. The molecule has 2 rings (SSSR count). The Morgan fingerprint density at radius 3 is 2.58 bits per heavy atom. The quantitative estimate of drug-likeness (QED) is 0.816. The van der Waals surface area contributed by atoms with Crippen LogP contribution in [0.1, 0.15) is 36.7 Å². The highest BCUT2D eigenvalue weighted by Gasteiger charge is 2.24. The van der Waals surface area contributed by atoms with Crippen molar-refractivity contribution in [1.82, 2.24) is 4.98 Å². The van der Waals surface area contributed by atoms with Crippen molar-refractivity contribution >= 4 is 11.5 Å². The molecule has 0 bridgehead atoms. The lowest BCUT2D eigenvalue weighted by atomic mass is 9.92. The molecule has 100 valence electrons. The van der Waals surface area contributed by atoms with Gasteiger partial charge in [-0.2, -0.15) is 5.26 Å². The first-order valence-electron chi connectivity index (χ1n) is 6.66. The molecular formula is C15H19N3O. The maximum atomic E-state index is 11.4. The molecule has 0 amide bonds. The van der Waals surface area contributed by atoms with E-state index in [9.17, 15) is 10.1 Å². The van der Waals surface area contributed by atoms with Crippen LogP contribution >= 0.6 is 0 Å². The summed E-state index contributed by atoms with van der Waals surface area (Å²) in [6, 6.07) is 4.22. The normalized spacial score (nSPS) is 16.2. The summed E-state index contributed by atoms with van der Waals surface area (Å²) >= 11 is 0. The number of ketones is 1. The van der Waals surface area contributed by atoms with Crippen LogP contribution in [0.2, 0.25) is 0 Å². The number of nitrogens with zero attached hydrogens (tertiary/aromatic N) is 3. The highest BCUT2D eigenvalue weighted by molar-refractivity contribution is 5.78. The molecule has 0 aliphatic carbocycles. The molecule has 2 heterocycles. The number of carbonyl (C=O) groups excluding carboxylic acids is 1. The fourth-order valence-corrected chi connectivity index (χ4v) is 2.72. The smallest absolute Gasteiger partial charge is 0.133 e. The van der Waals surface area contributed by atoms with Gasteiger partial charge in [0.1, 0.15) is 11.9 Å². The van der Waals surface area contributed by atoms with Crippen LogP contribution in [0.25, 0.3) is 0 Å². The van der Waals surface area contributed by atoms with Crippen molar-refractivity contribution in [3.05, 3.63) is 23.0 Å². The Kier molecular flexibility index (Phi) is 3.84. The van der Waals surface area contributed by atoms with Crippen molar-refractivity contribution in [2.24, 2.45) is 5.92 Å². The Bertz CT molecular complexity index is 537. The lowest BCUT2D eigenvalue weighted by Crippen LogP contribution is -2.36. The SMILES string of the molecule is CC(=O)C1CCN(c2cc(C)nc(C)c2C#N)CC1. The van der Waals surface area contributed by atoms with Crippen molar-refractivity contribution in [3.8, 4) is 6.07 Å². The molecule has 4 heteroatoms. The number of pyridine rings is 1. The highest BCUT2D eigenvalue weighted by Crippen LogP contribution is 2.28. The number of aryl methyl sites for hydroxylation is 2. The molecule has 19 heavy (non-hydrogen) atoms. The number of hydrogen-bond donors (Lipinski definition) is 0. The molecule has 1 aromatic heterocycles. The summed E-state index contributed by atoms with van der Waals surface area (Å²) in [6.45, 7) is 7.16. The predicted molar refractivity (Wildman–Crippen MR) is 74.0 cm³/mol. The minimum atomic E-state index is 0.186. The summed E-state index contributed by atoms with van der Waals surface area (Å²) in [5.41, 5.74) is 3.34. The monoisotopic (exact) mass is 257 g/mol. The number of nitriles is 1. The van der Waals surface area contributed by atoms with Crippen LogP contribution in [0.15, 0.2) is 6.07 Å². The molecule has 4 nitrogen and oxygen atoms in total. The van der Waals surface area contributed by atoms with Crippen molar-refractivity contribution < 1.29 is 4.79 Å². The van der Waals surface area contributed by atoms with E-state index in [2.05, 4.69) is 16.0 Å². The van der Waals surface area contributed by atoms with Crippen LogP contribution in [0.5, 0.6) is 0 Å². The maximum Gasteiger partial charge on any atom is 0.133 e. The first-order chi connectivity index (χ1) is 9.02. The van der Waals surface area contributed by atoms with Crippen molar-refractivity contribution in [2.45, 2.75) is 33.6 Å². The molecule has 1 aliphatic heterocycles. The maximum absolute atomic E-state index is 11.4. The molecule has 0 radical (unpaired) electrons. The highest BCUT2D eigenvalue weighted by atomic mass is 16.1. The zero-order chi connectivity index (χ0) is 14.0. The lowest BCUT2D eigenvalue weighted by Gasteiger charge is -2.33. The number of aromatic nitrogens is 1. The number of anilines is 1. The first-order valence-corrected chi connectivity index (χ1v) is 6.66. The molecule has 0 aromatic carbocycles. The fourth-order valence-electron chi connectivity index (χ4n) is 2.72. The predicted octanol–water partition coefficient (Wildman–Crippen LogP) is 2.38. The molecular weight excluding hydrogens is 238 g/mol. The van der Waals surface area contributed by atoms with Crippen LogP contribution in [-0.4, -0.2) is 23.9 Å². The van der Waals surface area contributed by atoms with Crippen LogP contribution in [0.4, 0.5) is 5.69 Å². The van der Waals surface area contributed by atoms with E-state index in [0.717, 1.165) is 43.0 Å². The summed E-state index contributed by atoms with van der Waals surface area (Å²) in [7, 11) is 0. The molecule has 0 saturated carbocycles. The molecule has 0 atom stereocenters. The second kappa shape index (κ2) is 5.40. The minimum absolute atomic E-state index is 0.186. The van der Waals surface area contributed by atoms with E-state index < -0.39 is 0 Å². The van der Waals surface area contributed by atoms with E-state index in [1.54, 1.807) is 6.92 Å². The second-order valence-corrected chi connectivity index (χ2v) is 5.23. The summed E-state index contributed by atoms with van der Waals surface area (Å²) in [4.78, 5) is 17.9. The first kappa shape index (κ1) is 13.5. The van der Waals surface area contributed by atoms with E-state index >= 15 is 0 Å². The Morgan fingerprint density at radius 2 is 2.05 bits per heavy atom. The Balaban J connectivity index is 2.25. The van der Waals surface area contributed by atoms with E-state index in [1.807, 2.05) is 19.9 Å². The summed E-state index contributed by atoms with van der Waals surface area (Å²) in [5, 5.41) is 9.29. The van der Waals surface area contributed by atoms with Gasteiger partial charge in [0.2, 0.25) is 0 Å². The standard InChI is InChI=1S/C15H19N3O/c1-10-8-15(14(9-16)11(2)17-10)18-6-4-13(5-7-18)12(3)19/h8,13H,4-7H2,1-3H3.